The quantitative estimate of drug-likeness (QED) is 0.605. The van der Waals surface area contributed by atoms with Gasteiger partial charge in [0.2, 0.25) is 0 Å². The molecule has 1 aromatic carbocycles. The second-order valence-corrected chi connectivity index (χ2v) is 9.13. The van der Waals surface area contributed by atoms with Gasteiger partial charge in [-0.1, -0.05) is 11.2 Å². The van der Waals surface area contributed by atoms with Crippen LogP contribution in [-0.2, 0) is 19.4 Å². The fourth-order valence-corrected chi connectivity index (χ4v) is 5.21. The maximum atomic E-state index is 5.73. The first-order valence-electron chi connectivity index (χ1n) is 11.2. The highest BCUT2D eigenvalue weighted by atomic mass is 32.1. The third-order valence-electron chi connectivity index (χ3n) is 6.75. The number of anilines is 1. The van der Waals surface area contributed by atoms with Crippen LogP contribution < -0.4 is 5.32 Å². The van der Waals surface area contributed by atoms with Crippen LogP contribution in [0.3, 0.4) is 0 Å². The zero-order chi connectivity index (χ0) is 21.4. The summed E-state index contributed by atoms with van der Waals surface area (Å²) in [5.41, 5.74) is 6.18. The van der Waals surface area contributed by atoms with Gasteiger partial charge in [-0.25, -0.2) is 4.98 Å². The van der Waals surface area contributed by atoms with Crippen LogP contribution >= 0.6 is 12.2 Å². The first-order chi connectivity index (χ1) is 15.1. The summed E-state index contributed by atoms with van der Waals surface area (Å²) >= 11 is 5.73. The zero-order valence-corrected chi connectivity index (χ0v) is 19.0. The van der Waals surface area contributed by atoms with Gasteiger partial charge in [0.15, 0.2) is 5.11 Å². The van der Waals surface area contributed by atoms with Crippen molar-refractivity contribution in [1.82, 2.24) is 19.6 Å². The first-order valence-corrected chi connectivity index (χ1v) is 11.6. The molecule has 0 atom stereocenters. The smallest absolute Gasteiger partial charge is 0.173 e. The van der Waals surface area contributed by atoms with Crippen molar-refractivity contribution in [1.29, 1.82) is 0 Å². The highest BCUT2D eigenvalue weighted by Crippen LogP contribution is 2.29. The van der Waals surface area contributed by atoms with Gasteiger partial charge in [-0.15, -0.1) is 0 Å². The lowest BCUT2D eigenvalue weighted by Crippen LogP contribution is -2.40. The number of likely N-dealkylation sites (tertiary alicyclic amines) is 1. The number of rotatable bonds is 4. The lowest BCUT2D eigenvalue weighted by atomic mass is 9.96. The molecule has 0 spiro atoms. The fraction of sp³-hybridized carbons (Fsp3) is 0.458. The molecule has 7 heteroatoms. The molecule has 2 aromatic heterocycles. The fourth-order valence-electron chi connectivity index (χ4n) is 4.91. The average molecular weight is 436 g/mol. The number of hydrogen-bond acceptors (Lipinski definition) is 4. The Labute approximate surface area is 188 Å². The number of thiocarbonyl (C=S) groups is 1. The molecule has 5 rings (SSSR count). The molecule has 31 heavy (non-hydrogen) atoms. The summed E-state index contributed by atoms with van der Waals surface area (Å²) in [7, 11) is 0. The number of nitrogens with one attached hydrogen (secondary N) is 1. The second-order valence-electron chi connectivity index (χ2n) is 8.74. The molecular formula is C24H29N5OS. The van der Waals surface area contributed by atoms with Gasteiger partial charge in [0.05, 0.1) is 12.2 Å². The van der Waals surface area contributed by atoms with E-state index in [4.69, 9.17) is 21.7 Å². The van der Waals surface area contributed by atoms with E-state index >= 15 is 0 Å². The van der Waals surface area contributed by atoms with Gasteiger partial charge >= 0.3 is 0 Å². The van der Waals surface area contributed by atoms with Crippen LogP contribution in [-0.4, -0.2) is 37.8 Å². The normalized spacial score (nSPS) is 16.5. The third-order valence-corrected chi connectivity index (χ3v) is 7.11. The minimum absolute atomic E-state index is 0.439. The van der Waals surface area contributed by atoms with E-state index in [1.165, 1.54) is 30.4 Å². The highest BCUT2D eigenvalue weighted by molar-refractivity contribution is 7.80. The summed E-state index contributed by atoms with van der Waals surface area (Å²) in [6.45, 7) is 6.61. The van der Waals surface area contributed by atoms with Crippen molar-refractivity contribution in [3.8, 4) is 0 Å². The number of fused-ring (bicyclic) bond motifs is 1. The zero-order valence-electron chi connectivity index (χ0n) is 18.2. The molecule has 3 aromatic rings. The van der Waals surface area contributed by atoms with Crippen LogP contribution in [0.4, 0.5) is 5.69 Å². The van der Waals surface area contributed by atoms with Crippen molar-refractivity contribution in [2.75, 3.05) is 18.4 Å². The molecule has 1 aliphatic carbocycles. The van der Waals surface area contributed by atoms with E-state index in [2.05, 4.69) is 44.3 Å². The van der Waals surface area contributed by atoms with Crippen molar-refractivity contribution in [3.05, 3.63) is 64.6 Å². The SMILES string of the molecule is Cc1noc(C)c1Cn1ccnc1C1CCN(C(=S)Nc2ccc3c(c2)CCC3)CC1. The lowest BCUT2D eigenvalue weighted by molar-refractivity contribution is 0.307. The van der Waals surface area contributed by atoms with E-state index in [9.17, 15) is 0 Å². The minimum Gasteiger partial charge on any atom is -0.361 e. The molecule has 162 valence electrons. The topological polar surface area (TPSA) is 59.1 Å². The average Bonchev–Trinajstić information content (AvgIpc) is 3.51. The Morgan fingerprint density at radius 1 is 1.19 bits per heavy atom. The van der Waals surface area contributed by atoms with E-state index < -0.39 is 0 Å². The van der Waals surface area contributed by atoms with E-state index in [1.54, 1.807) is 0 Å². The van der Waals surface area contributed by atoms with Crippen molar-refractivity contribution in [3.63, 3.8) is 0 Å². The van der Waals surface area contributed by atoms with Gasteiger partial charge in [-0.05, 0) is 81.4 Å². The molecule has 2 aliphatic rings. The van der Waals surface area contributed by atoms with Crippen LogP contribution in [0.1, 0.15) is 59.1 Å². The molecule has 1 saturated heterocycles. The number of piperidine rings is 1. The van der Waals surface area contributed by atoms with Gasteiger partial charge in [0.25, 0.3) is 0 Å². The van der Waals surface area contributed by atoms with Gasteiger partial charge in [0, 0.05) is 42.7 Å². The van der Waals surface area contributed by atoms with Crippen molar-refractivity contribution >= 4 is 23.0 Å². The van der Waals surface area contributed by atoms with Crippen LogP contribution in [0, 0.1) is 13.8 Å². The number of nitrogens with zero attached hydrogens (tertiary/aromatic N) is 4. The minimum atomic E-state index is 0.439. The molecule has 6 nitrogen and oxygen atoms in total. The first kappa shape index (κ1) is 20.2. The molecular weight excluding hydrogens is 406 g/mol. The van der Waals surface area contributed by atoms with Gasteiger partial charge in [0.1, 0.15) is 11.6 Å². The summed E-state index contributed by atoms with van der Waals surface area (Å²) in [4.78, 5) is 6.99. The highest BCUT2D eigenvalue weighted by Gasteiger charge is 2.26. The number of aromatic nitrogens is 3. The predicted molar refractivity (Wildman–Crippen MR) is 126 cm³/mol. The molecule has 0 unspecified atom stereocenters. The van der Waals surface area contributed by atoms with Gasteiger partial charge in [-0.3, -0.25) is 0 Å². The van der Waals surface area contributed by atoms with Crippen LogP contribution in [0.2, 0.25) is 0 Å². The van der Waals surface area contributed by atoms with Gasteiger partial charge < -0.3 is 19.3 Å². The number of hydrogen-bond donors (Lipinski definition) is 1. The maximum Gasteiger partial charge on any atom is 0.173 e. The van der Waals surface area contributed by atoms with Crippen LogP contribution in [0.15, 0.2) is 35.1 Å². The van der Waals surface area contributed by atoms with Gasteiger partial charge in [-0.2, -0.15) is 0 Å². The second kappa shape index (κ2) is 8.46. The Hall–Kier alpha value is -2.67. The predicted octanol–water partition coefficient (Wildman–Crippen LogP) is 4.60. The molecule has 3 heterocycles. The summed E-state index contributed by atoms with van der Waals surface area (Å²) in [5, 5.41) is 8.38. The van der Waals surface area contributed by atoms with E-state index in [0.29, 0.717) is 5.92 Å². The molecule has 0 saturated carbocycles. The number of imidazole rings is 1. The van der Waals surface area contributed by atoms with E-state index in [0.717, 1.165) is 66.1 Å². The summed E-state index contributed by atoms with van der Waals surface area (Å²) in [6, 6.07) is 6.68. The van der Waals surface area contributed by atoms with Crippen molar-refractivity contribution in [2.45, 2.75) is 58.4 Å². The molecule has 0 amide bonds. The summed E-state index contributed by atoms with van der Waals surface area (Å²) in [5.74, 6) is 2.47. The Balaban J connectivity index is 1.20. The summed E-state index contributed by atoms with van der Waals surface area (Å²) < 4.78 is 7.58. The molecule has 1 aliphatic heterocycles. The standard InChI is InChI=1S/C24H29N5OS/c1-16-22(17(2)30-27-16)15-29-13-10-25-23(29)19-8-11-28(12-9-19)24(31)26-21-7-6-18-4-3-5-20(18)14-21/h6-7,10,13-14,19H,3-5,8-9,11-12,15H2,1-2H3,(H,26,31). The number of benzene rings is 1. The molecule has 0 radical (unpaired) electrons. The largest absolute Gasteiger partial charge is 0.361 e. The third kappa shape index (κ3) is 4.11. The van der Waals surface area contributed by atoms with Crippen LogP contribution in [0.5, 0.6) is 0 Å². The molecule has 0 bridgehead atoms. The molecule has 1 fully saturated rings. The van der Waals surface area contributed by atoms with Crippen molar-refractivity contribution < 1.29 is 4.52 Å². The lowest BCUT2D eigenvalue weighted by Gasteiger charge is -2.33. The number of aryl methyl sites for hydroxylation is 4. The van der Waals surface area contributed by atoms with E-state index in [-0.39, 0.29) is 0 Å². The Morgan fingerprint density at radius 2 is 2.00 bits per heavy atom. The molecule has 1 N–H and O–H groups in total. The van der Waals surface area contributed by atoms with Crippen molar-refractivity contribution in [2.24, 2.45) is 0 Å². The van der Waals surface area contributed by atoms with Crippen LogP contribution in [0.25, 0.3) is 0 Å². The Bertz CT molecular complexity index is 1070. The Morgan fingerprint density at radius 3 is 2.77 bits per heavy atom. The summed E-state index contributed by atoms with van der Waals surface area (Å²) in [6.07, 6.45) is 9.72. The Kier molecular flexibility index (Phi) is 5.52. The maximum absolute atomic E-state index is 5.73. The van der Waals surface area contributed by atoms with E-state index in [1.807, 2.05) is 20.0 Å². The monoisotopic (exact) mass is 435 g/mol.